The monoisotopic (exact) mass is 1010 g/mol. The molecule has 1 amide bonds. The molecule has 0 aromatic heterocycles. The molecule has 0 radical (unpaired) electrons. The first-order valence-electron chi connectivity index (χ1n) is 25.8. The molecule has 12 heteroatoms. The van der Waals surface area contributed by atoms with Crippen molar-refractivity contribution in [2.75, 3.05) is 13.2 Å². The zero-order valence-electron chi connectivity index (χ0n) is 42.3. The lowest BCUT2D eigenvalue weighted by Gasteiger charge is -2.50. The quantitative estimate of drug-likeness (QED) is 0.0558. The summed E-state index contributed by atoms with van der Waals surface area (Å²) in [6.07, 6.45) is -8.03. The second-order valence-corrected chi connectivity index (χ2v) is 18.8. The number of nitrogens with one attached hydrogen (secondary N) is 1. The Labute approximate surface area is 440 Å². The van der Waals surface area contributed by atoms with Crippen molar-refractivity contribution >= 4 is 5.91 Å². The zero-order valence-corrected chi connectivity index (χ0v) is 42.3. The summed E-state index contributed by atoms with van der Waals surface area (Å²) in [7, 11) is 0. The van der Waals surface area contributed by atoms with E-state index in [1.54, 1.807) is 0 Å². The van der Waals surface area contributed by atoms with Gasteiger partial charge in [0, 0.05) is 6.92 Å². The molecule has 1 N–H and O–H groups in total. The third-order valence-corrected chi connectivity index (χ3v) is 13.1. The van der Waals surface area contributed by atoms with Crippen molar-refractivity contribution in [1.29, 1.82) is 0 Å². The van der Waals surface area contributed by atoms with E-state index in [0.29, 0.717) is 13.2 Å². The van der Waals surface area contributed by atoms with Crippen LogP contribution in [0.2, 0.25) is 0 Å². The minimum atomic E-state index is -1.19. The molecule has 9 rings (SSSR count). The Bertz CT molecular complexity index is 2680. The third-order valence-electron chi connectivity index (χ3n) is 13.1. The molecule has 2 fully saturated rings. The van der Waals surface area contributed by atoms with Crippen molar-refractivity contribution < 1.29 is 52.2 Å². The fourth-order valence-corrected chi connectivity index (χ4v) is 9.33. The lowest BCUT2D eigenvalue weighted by molar-refractivity contribution is -0.365. The second kappa shape index (κ2) is 28.5. The topological polar surface area (TPSA) is 121 Å². The van der Waals surface area contributed by atoms with Crippen molar-refractivity contribution in [2.24, 2.45) is 0 Å². The van der Waals surface area contributed by atoms with Crippen LogP contribution < -0.4 is 5.32 Å². The van der Waals surface area contributed by atoms with Crippen LogP contribution in [0.4, 0.5) is 0 Å². The molecule has 0 spiro atoms. The Morgan fingerprint density at radius 2 is 0.653 bits per heavy atom. The minimum absolute atomic E-state index is 0.0978. The molecule has 390 valence electrons. The van der Waals surface area contributed by atoms with Crippen molar-refractivity contribution in [1.82, 2.24) is 5.32 Å². The average molecular weight is 1010 g/mol. The molecule has 12 nitrogen and oxygen atoms in total. The third kappa shape index (κ3) is 16.1. The van der Waals surface area contributed by atoms with Gasteiger partial charge in [-0.2, -0.15) is 0 Å². The van der Waals surface area contributed by atoms with Crippen LogP contribution in [0, 0.1) is 0 Å². The molecular weight excluding hydrogens is 947 g/mol. The smallest absolute Gasteiger partial charge is 0.217 e. The molecule has 2 aliphatic rings. The van der Waals surface area contributed by atoms with Gasteiger partial charge in [-0.05, 0) is 38.9 Å². The summed E-state index contributed by atoms with van der Waals surface area (Å²) >= 11 is 0. The van der Waals surface area contributed by atoms with Gasteiger partial charge in [0.1, 0.15) is 48.8 Å². The van der Waals surface area contributed by atoms with Crippen LogP contribution in [-0.2, 0) is 98.4 Å². The van der Waals surface area contributed by atoms with Gasteiger partial charge in [0.15, 0.2) is 12.6 Å². The lowest BCUT2D eigenvalue weighted by Crippen LogP contribution is -2.69. The predicted molar refractivity (Wildman–Crippen MR) is 283 cm³/mol. The Morgan fingerprint density at radius 3 is 1.01 bits per heavy atom. The lowest BCUT2D eigenvalue weighted by atomic mass is 9.94. The van der Waals surface area contributed by atoms with Crippen molar-refractivity contribution in [3.05, 3.63) is 251 Å². The number of amides is 1. The Balaban J connectivity index is 1.12. The fraction of sp³-hybridized carbons (Fsp3) is 0.317. The Hall–Kier alpha value is -6.39. The van der Waals surface area contributed by atoms with Crippen LogP contribution in [-0.4, -0.2) is 80.5 Å². The summed E-state index contributed by atoms with van der Waals surface area (Å²) in [6.45, 7) is 3.38. The highest BCUT2D eigenvalue weighted by atomic mass is 16.8. The summed E-state index contributed by atoms with van der Waals surface area (Å²) in [5.41, 5.74) is 6.71. The second-order valence-electron chi connectivity index (χ2n) is 18.8. The summed E-state index contributed by atoms with van der Waals surface area (Å²) in [6, 6.07) is 68.6. The summed E-state index contributed by atoms with van der Waals surface area (Å²) in [5, 5.41) is 3.20. The normalized spacial score (nSPS) is 23.6. The number of hydrogen-bond acceptors (Lipinski definition) is 11. The van der Waals surface area contributed by atoms with Crippen LogP contribution in [0.3, 0.4) is 0 Å². The molecular formula is C63H67NO11. The van der Waals surface area contributed by atoms with Gasteiger partial charge in [-0.25, -0.2) is 0 Å². The number of carbonyl (C=O) groups is 1. The van der Waals surface area contributed by atoms with Gasteiger partial charge in [0.25, 0.3) is 0 Å². The number of rotatable bonds is 26. The van der Waals surface area contributed by atoms with E-state index in [2.05, 4.69) is 5.32 Å². The zero-order chi connectivity index (χ0) is 51.3. The minimum Gasteiger partial charge on any atom is -0.374 e. The van der Waals surface area contributed by atoms with Crippen molar-refractivity contribution in [3.63, 3.8) is 0 Å². The maximum Gasteiger partial charge on any atom is 0.217 e. The van der Waals surface area contributed by atoms with Gasteiger partial charge in [-0.15, -0.1) is 0 Å². The van der Waals surface area contributed by atoms with E-state index in [-0.39, 0.29) is 52.2 Å². The van der Waals surface area contributed by atoms with Crippen molar-refractivity contribution in [2.45, 2.75) is 115 Å². The molecule has 0 bridgehead atoms. The molecule has 75 heavy (non-hydrogen) atoms. The molecule has 2 saturated heterocycles. The van der Waals surface area contributed by atoms with E-state index >= 15 is 0 Å². The highest BCUT2D eigenvalue weighted by Gasteiger charge is 2.54. The molecule has 0 unspecified atom stereocenters. The van der Waals surface area contributed by atoms with Crippen LogP contribution in [0.15, 0.2) is 212 Å². The maximum absolute atomic E-state index is 13.6. The maximum atomic E-state index is 13.6. The molecule has 0 saturated carbocycles. The van der Waals surface area contributed by atoms with Gasteiger partial charge in [0.05, 0.1) is 59.5 Å². The SMILES string of the molecule is CC(=O)N[C@H]1[C@H](O[C@@H]2[C@@H](OCc3ccccc3)[C@H](OCc3ccccc3)O[C@H](COCc3ccccc3)[C@H]2OCc2ccccc2)O[C@H](COCc2ccccc2)[C@@H](OCc2ccccc2)[C@@H]1OCc1ccccc1. The predicted octanol–water partition coefficient (Wildman–Crippen LogP) is 10.3. The summed E-state index contributed by atoms with van der Waals surface area (Å²) in [5.74, 6) is -0.317. The highest BCUT2D eigenvalue weighted by Crippen LogP contribution is 2.36. The largest absolute Gasteiger partial charge is 0.374 e. The number of hydrogen-bond donors (Lipinski definition) is 1. The van der Waals surface area contributed by atoms with E-state index in [1.807, 2.05) is 212 Å². The molecule has 10 atom stereocenters. The molecule has 2 aliphatic heterocycles. The van der Waals surface area contributed by atoms with E-state index in [0.717, 1.165) is 38.9 Å². The van der Waals surface area contributed by atoms with Crippen LogP contribution in [0.25, 0.3) is 0 Å². The van der Waals surface area contributed by atoms with E-state index in [4.69, 9.17) is 47.4 Å². The number of ether oxygens (including phenoxy) is 10. The molecule has 0 aliphatic carbocycles. The molecule has 7 aromatic carbocycles. The van der Waals surface area contributed by atoms with Gasteiger partial charge >= 0.3 is 0 Å². The number of benzene rings is 7. The highest BCUT2D eigenvalue weighted by molar-refractivity contribution is 5.73. The van der Waals surface area contributed by atoms with Gasteiger partial charge in [0.2, 0.25) is 5.91 Å². The molecule has 7 aromatic rings. The van der Waals surface area contributed by atoms with E-state index in [1.165, 1.54) is 6.92 Å². The van der Waals surface area contributed by atoms with Gasteiger partial charge < -0.3 is 52.7 Å². The number of carbonyl (C=O) groups excluding carboxylic acids is 1. The summed E-state index contributed by atoms with van der Waals surface area (Å²) < 4.78 is 69.5. The Kier molecular flexibility index (Phi) is 20.3. The van der Waals surface area contributed by atoms with Crippen LogP contribution in [0.1, 0.15) is 45.9 Å². The van der Waals surface area contributed by atoms with Crippen LogP contribution >= 0.6 is 0 Å². The Morgan fingerprint density at radius 1 is 0.360 bits per heavy atom. The van der Waals surface area contributed by atoms with Gasteiger partial charge in [-0.3, -0.25) is 4.79 Å². The first-order chi connectivity index (χ1) is 37.0. The van der Waals surface area contributed by atoms with E-state index < -0.39 is 61.3 Å². The van der Waals surface area contributed by atoms with Crippen LogP contribution in [0.5, 0.6) is 0 Å². The van der Waals surface area contributed by atoms with E-state index in [9.17, 15) is 4.79 Å². The fourth-order valence-electron chi connectivity index (χ4n) is 9.33. The van der Waals surface area contributed by atoms with Crippen molar-refractivity contribution in [3.8, 4) is 0 Å². The first kappa shape index (κ1) is 53.4. The standard InChI is InChI=1S/C63H67NO11/c1-46(65)64-56-59(70-41-51-31-17-6-18-32-51)57(68-39-49-27-13-4-14-28-49)54(44-66-37-47-23-9-2-10-24-47)73-62(56)75-60-58(69-40-50-29-15-5-16-30-50)55(45-67-38-48-25-11-3-12-26-48)74-63(72-43-53-35-21-8-22-36-53)61(60)71-42-52-33-19-7-20-34-52/h2-36,54-63H,37-45H2,1H3,(H,64,65)/t54-,55-,56-,57-,58-,59-,60+,61-,62+,63-/m1/s1. The van der Waals surface area contributed by atoms with Gasteiger partial charge in [-0.1, -0.05) is 212 Å². The summed E-state index contributed by atoms with van der Waals surface area (Å²) in [4.78, 5) is 13.6. The average Bonchev–Trinajstić information content (AvgIpc) is 3.46. The first-order valence-corrected chi connectivity index (χ1v) is 25.8. The molecule has 2 heterocycles.